The molecule has 1 saturated carbocycles. The minimum absolute atomic E-state index is 0.594. The van der Waals surface area contributed by atoms with Crippen LogP contribution in [0.3, 0.4) is 0 Å². The lowest BCUT2D eigenvalue weighted by atomic mass is 9.71. The second kappa shape index (κ2) is 3.47. The van der Waals surface area contributed by atoms with Gasteiger partial charge < -0.3 is 0 Å². The van der Waals surface area contributed by atoms with E-state index in [0.29, 0.717) is 5.92 Å². The summed E-state index contributed by atoms with van der Waals surface area (Å²) in [5.41, 5.74) is 2.69. The smallest absolute Gasteiger partial charge is 0.000151 e. The van der Waals surface area contributed by atoms with Gasteiger partial charge in [-0.05, 0) is 31.6 Å². The van der Waals surface area contributed by atoms with Crippen LogP contribution in [0.5, 0.6) is 0 Å². The zero-order chi connectivity index (χ0) is 9.30. The molecule has 1 aliphatic carbocycles. The van der Waals surface area contributed by atoms with Crippen LogP contribution in [0, 0.1) is 17.8 Å². The Labute approximate surface area is 76.4 Å². The van der Waals surface area contributed by atoms with Gasteiger partial charge in [-0.1, -0.05) is 38.2 Å². The van der Waals surface area contributed by atoms with Crippen molar-refractivity contribution in [2.24, 2.45) is 17.8 Å². The lowest BCUT2D eigenvalue weighted by Crippen LogP contribution is -2.23. The highest BCUT2D eigenvalue weighted by Gasteiger charge is 2.27. The normalized spacial score (nSPS) is 36.6. The van der Waals surface area contributed by atoms with Gasteiger partial charge in [-0.3, -0.25) is 0 Å². The summed E-state index contributed by atoms with van der Waals surface area (Å²) in [4.78, 5) is 0. The van der Waals surface area contributed by atoms with Crippen LogP contribution in [-0.2, 0) is 0 Å². The number of allylic oxidation sites excluding steroid dienone is 2. The fourth-order valence-electron chi connectivity index (χ4n) is 2.08. The second-order valence-electron chi connectivity index (χ2n) is 4.45. The fraction of sp³-hybridized carbons (Fsp3) is 0.667. The molecular weight excluding hydrogens is 144 g/mol. The number of rotatable bonds is 1. The van der Waals surface area contributed by atoms with Gasteiger partial charge in [0.25, 0.3) is 0 Å². The van der Waals surface area contributed by atoms with E-state index < -0.39 is 0 Å². The fourth-order valence-corrected chi connectivity index (χ4v) is 2.08. The maximum Gasteiger partial charge on any atom is 0.000151 e. The van der Waals surface area contributed by atoms with Crippen molar-refractivity contribution < 1.29 is 0 Å². The third kappa shape index (κ3) is 1.80. The first-order chi connectivity index (χ1) is 5.52. The van der Waals surface area contributed by atoms with Crippen LogP contribution in [0.2, 0.25) is 0 Å². The molecule has 0 saturated heterocycles. The van der Waals surface area contributed by atoms with Crippen LogP contribution in [0.25, 0.3) is 0 Å². The van der Waals surface area contributed by atoms with Crippen molar-refractivity contribution in [2.75, 3.05) is 0 Å². The molecule has 68 valence electrons. The van der Waals surface area contributed by atoms with Crippen molar-refractivity contribution in [3.05, 3.63) is 24.3 Å². The van der Waals surface area contributed by atoms with E-state index in [9.17, 15) is 0 Å². The molecule has 0 aromatic rings. The third-order valence-corrected chi connectivity index (χ3v) is 3.25. The van der Waals surface area contributed by atoms with Gasteiger partial charge in [-0.25, -0.2) is 0 Å². The topological polar surface area (TPSA) is 0 Å². The quantitative estimate of drug-likeness (QED) is 0.517. The Balaban J connectivity index is 2.68. The van der Waals surface area contributed by atoms with Crippen molar-refractivity contribution in [3.63, 3.8) is 0 Å². The van der Waals surface area contributed by atoms with Crippen LogP contribution in [-0.4, -0.2) is 0 Å². The van der Waals surface area contributed by atoms with Gasteiger partial charge in [-0.15, -0.1) is 0 Å². The average molecular weight is 164 g/mol. The van der Waals surface area contributed by atoms with E-state index in [1.807, 2.05) is 0 Å². The van der Waals surface area contributed by atoms with Crippen LogP contribution in [0.1, 0.15) is 33.6 Å². The first-order valence-corrected chi connectivity index (χ1v) is 4.85. The number of hydrogen-bond donors (Lipinski definition) is 0. The lowest BCUT2D eigenvalue weighted by molar-refractivity contribution is 0.286. The Morgan fingerprint density at radius 1 is 1.33 bits per heavy atom. The van der Waals surface area contributed by atoms with E-state index in [0.717, 1.165) is 11.8 Å². The van der Waals surface area contributed by atoms with Crippen molar-refractivity contribution in [2.45, 2.75) is 33.6 Å². The zero-order valence-electron chi connectivity index (χ0n) is 8.56. The second-order valence-corrected chi connectivity index (χ2v) is 4.45. The van der Waals surface area contributed by atoms with Gasteiger partial charge >= 0.3 is 0 Å². The average Bonchev–Trinajstić information content (AvgIpc) is 1.96. The molecule has 0 spiro atoms. The first-order valence-electron chi connectivity index (χ1n) is 4.85. The zero-order valence-corrected chi connectivity index (χ0v) is 8.56. The van der Waals surface area contributed by atoms with Crippen LogP contribution in [0.15, 0.2) is 24.3 Å². The lowest BCUT2D eigenvalue weighted by Gasteiger charge is -2.34. The predicted octanol–water partition coefficient (Wildman–Crippen LogP) is 3.80. The van der Waals surface area contributed by atoms with E-state index in [1.165, 1.54) is 24.0 Å². The summed E-state index contributed by atoms with van der Waals surface area (Å²) in [5.74, 6) is 2.24. The Bertz CT molecular complexity index is 200. The highest BCUT2D eigenvalue weighted by atomic mass is 14.3. The van der Waals surface area contributed by atoms with Gasteiger partial charge in [-0.2, -0.15) is 0 Å². The van der Waals surface area contributed by atoms with Crippen LogP contribution in [0.4, 0.5) is 0 Å². The maximum atomic E-state index is 4.14. The van der Waals surface area contributed by atoms with Crippen molar-refractivity contribution in [1.29, 1.82) is 0 Å². The van der Waals surface area contributed by atoms with Crippen LogP contribution >= 0.6 is 0 Å². The minimum atomic E-state index is 0.594. The summed E-state index contributed by atoms with van der Waals surface area (Å²) >= 11 is 0. The van der Waals surface area contributed by atoms with Gasteiger partial charge in [0.2, 0.25) is 0 Å². The van der Waals surface area contributed by atoms with Crippen molar-refractivity contribution in [3.8, 4) is 0 Å². The van der Waals surface area contributed by atoms with Crippen LogP contribution < -0.4 is 0 Å². The molecule has 0 heterocycles. The molecule has 1 aliphatic rings. The van der Waals surface area contributed by atoms with Gasteiger partial charge in [0.05, 0.1) is 0 Å². The summed E-state index contributed by atoms with van der Waals surface area (Å²) in [6.07, 6.45) is 2.45. The van der Waals surface area contributed by atoms with E-state index in [-0.39, 0.29) is 0 Å². The highest BCUT2D eigenvalue weighted by Crippen LogP contribution is 2.39. The molecule has 0 radical (unpaired) electrons. The molecular formula is C12H20. The Kier molecular flexibility index (Phi) is 2.76. The Hall–Kier alpha value is -0.520. The van der Waals surface area contributed by atoms with Gasteiger partial charge in [0, 0.05) is 5.92 Å². The molecule has 0 bridgehead atoms. The molecule has 0 aromatic carbocycles. The molecule has 12 heavy (non-hydrogen) atoms. The van der Waals surface area contributed by atoms with Crippen molar-refractivity contribution >= 4 is 0 Å². The van der Waals surface area contributed by atoms with Gasteiger partial charge in [0.1, 0.15) is 0 Å². The first kappa shape index (κ1) is 9.57. The van der Waals surface area contributed by atoms with Gasteiger partial charge in [0.15, 0.2) is 0 Å². The van der Waals surface area contributed by atoms with E-state index in [2.05, 4.69) is 33.9 Å². The van der Waals surface area contributed by atoms with Crippen molar-refractivity contribution in [1.82, 2.24) is 0 Å². The Morgan fingerprint density at radius 2 is 1.92 bits per heavy atom. The molecule has 1 fully saturated rings. The molecule has 0 aromatic heterocycles. The largest absolute Gasteiger partial charge is 0.0995 e. The molecule has 0 N–H and O–H groups in total. The molecule has 1 rings (SSSR count). The molecule has 3 atom stereocenters. The Morgan fingerprint density at radius 3 is 2.42 bits per heavy atom. The molecule has 0 nitrogen and oxygen atoms in total. The standard InChI is InChI=1S/C12H20/c1-8(2)12-7-10(4)9(3)6-11(12)5/h9-10,12H,1,5-7H2,2-4H3. The SMILES string of the molecule is C=C(C)C1CC(C)C(C)CC1=C. The summed E-state index contributed by atoms with van der Waals surface area (Å²) < 4.78 is 0. The third-order valence-electron chi connectivity index (χ3n) is 3.25. The van der Waals surface area contributed by atoms with E-state index in [1.54, 1.807) is 0 Å². The maximum absolute atomic E-state index is 4.14. The monoisotopic (exact) mass is 164 g/mol. The predicted molar refractivity (Wildman–Crippen MR) is 55.0 cm³/mol. The molecule has 0 aliphatic heterocycles. The molecule has 0 heteroatoms. The highest BCUT2D eigenvalue weighted by molar-refractivity contribution is 5.17. The summed E-state index contributed by atoms with van der Waals surface area (Å²) in [5, 5.41) is 0. The number of hydrogen-bond acceptors (Lipinski definition) is 0. The van der Waals surface area contributed by atoms with E-state index in [4.69, 9.17) is 0 Å². The molecule has 0 amide bonds. The minimum Gasteiger partial charge on any atom is -0.0995 e. The van der Waals surface area contributed by atoms with E-state index >= 15 is 0 Å². The summed E-state index contributed by atoms with van der Waals surface area (Å²) in [6.45, 7) is 15.0. The summed E-state index contributed by atoms with van der Waals surface area (Å²) in [7, 11) is 0. The summed E-state index contributed by atoms with van der Waals surface area (Å²) in [6, 6.07) is 0. The molecule has 3 unspecified atom stereocenters.